The van der Waals surface area contributed by atoms with Gasteiger partial charge in [0.25, 0.3) is 0 Å². The van der Waals surface area contributed by atoms with Crippen LogP contribution < -0.4 is 10.1 Å². The minimum Gasteiger partial charge on any atom is -0.494 e. The summed E-state index contributed by atoms with van der Waals surface area (Å²) in [4.78, 5) is 12.3. The molecule has 29 heavy (non-hydrogen) atoms. The van der Waals surface area contributed by atoms with Gasteiger partial charge in [0.2, 0.25) is 5.91 Å². The van der Waals surface area contributed by atoms with Crippen molar-refractivity contribution < 1.29 is 9.53 Å². The highest BCUT2D eigenvalue weighted by Crippen LogP contribution is 2.24. The van der Waals surface area contributed by atoms with Crippen LogP contribution in [-0.2, 0) is 11.2 Å². The Bertz CT molecular complexity index is 1070. The molecule has 1 fully saturated rings. The molecule has 0 spiro atoms. The fourth-order valence-electron chi connectivity index (χ4n) is 3.20. The largest absolute Gasteiger partial charge is 0.494 e. The molecule has 146 valence electrons. The lowest BCUT2D eigenvalue weighted by molar-refractivity contribution is -0.118. The van der Waals surface area contributed by atoms with Crippen LogP contribution in [0.2, 0.25) is 0 Å². The van der Waals surface area contributed by atoms with Gasteiger partial charge >= 0.3 is 0 Å². The predicted molar refractivity (Wildman–Crippen MR) is 120 cm³/mol. The van der Waals surface area contributed by atoms with Crippen molar-refractivity contribution in [3.63, 3.8) is 0 Å². The summed E-state index contributed by atoms with van der Waals surface area (Å²) in [7, 11) is 0. The van der Waals surface area contributed by atoms with Gasteiger partial charge < -0.3 is 10.1 Å². The van der Waals surface area contributed by atoms with Crippen molar-refractivity contribution in [1.82, 2.24) is 5.32 Å². The molecule has 1 aliphatic rings. The number of nitrogens with one attached hydrogen (secondary N) is 1. The number of hydrogen-bond donors (Lipinski definition) is 1. The lowest BCUT2D eigenvalue weighted by Crippen LogP contribution is -2.25. The second-order valence-electron chi connectivity index (χ2n) is 6.59. The van der Waals surface area contributed by atoms with Gasteiger partial charge in [0, 0.05) is 5.56 Å². The Kier molecular flexibility index (Phi) is 5.91. The fraction of sp³-hybridized carbons (Fsp3) is 0.174. The van der Waals surface area contributed by atoms with E-state index in [-0.39, 0.29) is 11.2 Å². The summed E-state index contributed by atoms with van der Waals surface area (Å²) >= 11 is 1.41. The third-order valence-electron chi connectivity index (χ3n) is 4.60. The van der Waals surface area contributed by atoms with E-state index in [1.165, 1.54) is 11.8 Å². The molecule has 1 unspecified atom stereocenters. The average molecular weight is 404 g/mol. The maximum atomic E-state index is 12.3. The van der Waals surface area contributed by atoms with Gasteiger partial charge in [-0.2, -0.15) is 5.10 Å². The molecule has 0 saturated carbocycles. The summed E-state index contributed by atoms with van der Waals surface area (Å²) in [5, 5.41) is 13.8. The first kappa shape index (κ1) is 19.2. The number of hydrogen-bond acceptors (Lipinski definition) is 5. The number of amides is 1. The Morgan fingerprint density at radius 1 is 1.07 bits per heavy atom. The molecule has 1 N–H and O–H groups in total. The minimum absolute atomic E-state index is 0.0389. The monoisotopic (exact) mass is 403 g/mol. The summed E-state index contributed by atoms with van der Waals surface area (Å²) in [6, 6.07) is 22.1. The van der Waals surface area contributed by atoms with E-state index in [2.05, 4.69) is 33.7 Å². The molecule has 4 rings (SSSR count). The first-order chi connectivity index (χ1) is 14.2. The molecule has 1 saturated heterocycles. The van der Waals surface area contributed by atoms with E-state index in [1.807, 2.05) is 55.5 Å². The zero-order chi connectivity index (χ0) is 20.1. The summed E-state index contributed by atoms with van der Waals surface area (Å²) in [5.74, 6) is 0.799. The van der Waals surface area contributed by atoms with E-state index < -0.39 is 0 Å². The van der Waals surface area contributed by atoms with Gasteiger partial charge in [-0.3, -0.25) is 4.79 Å². The minimum atomic E-state index is -0.209. The molecular weight excluding hydrogens is 382 g/mol. The van der Waals surface area contributed by atoms with Crippen LogP contribution in [0.15, 0.2) is 76.9 Å². The maximum Gasteiger partial charge on any atom is 0.239 e. The van der Waals surface area contributed by atoms with Gasteiger partial charge in [-0.1, -0.05) is 66.4 Å². The van der Waals surface area contributed by atoms with Gasteiger partial charge in [0.15, 0.2) is 5.17 Å². The number of amidine groups is 1. The average Bonchev–Trinajstić information content (AvgIpc) is 3.09. The molecule has 3 aromatic carbocycles. The predicted octanol–water partition coefficient (Wildman–Crippen LogP) is 4.40. The van der Waals surface area contributed by atoms with Gasteiger partial charge in [0.1, 0.15) is 5.75 Å². The Morgan fingerprint density at radius 2 is 1.86 bits per heavy atom. The van der Waals surface area contributed by atoms with E-state index in [0.29, 0.717) is 18.2 Å². The van der Waals surface area contributed by atoms with Crippen molar-refractivity contribution in [2.75, 3.05) is 6.61 Å². The maximum absolute atomic E-state index is 12.3. The van der Waals surface area contributed by atoms with Crippen LogP contribution >= 0.6 is 11.8 Å². The van der Waals surface area contributed by atoms with Gasteiger partial charge in [-0.05, 0) is 41.8 Å². The number of carbonyl (C=O) groups excluding carboxylic acids is 1. The Balaban J connectivity index is 1.42. The third-order valence-corrected chi connectivity index (χ3v) is 5.67. The van der Waals surface area contributed by atoms with E-state index in [4.69, 9.17) is 4.74 Å². The number of fused-ring (bicyclic) bond motifs is 1. The lowest BCUT2D eigenvalue weighted by atomic mass is 10.1. The van der Waals surface area contributed by atoms with Gasteiger partial charge in [-0.25, -0.2) is 0 Å². The molecule has 0 radical (unpaired) electrons. The summed E-state index contributed by atoms with van der Waals surface area (Å²) < 4.78 is 5.46. The van der Waals surface area contributed by atoms with Crippen LogP contribution in [0.3, 0.4) is 0 Å². The van der Waals surface area contributed by atoms with E-state index in [0.717, 1.165) is 27.6 Å². The molecule has 6 heteroatoms. The van der Waals surface area contributed by atoms with Crippen molar-refractivity contribution in [3.8, 4) is 5.75 Å². The molecule has 0 bridgehead atoms. The molecule has 1 heterocycles. The number of nitrogens with zero attached hydrogens (tertiary/aromatic N) is 2. The number of carbonyl (C=O) groups is 1. The van der Waals surface area contributed by atoms with Crippen molar-refractivity contribution in [1.29, 1.82) is 0 Å². The highest BCUT2D eigenvalue weighted by molar-refractivity contribution is 8.15. The quantitative estimate of drug-likeness (QED) is 0.490. The van der Waals surface area contributed by atoms with Gasteiger partial charge in [-0.15, -0.1) is 5.10 Å². The SMILES string of the molecule is CCOc1ccc(CC2S/C(=N\N=C\c3cccc4ccccc34)NC2=O)cc1. The summed E-state index contributed by atoms with van der Waals surface area (Å²) in [6.07, 6.45) is 2.36. The molecule has 1 atom stereocenters. The third kappa shape index (κ3) is 4.66. The van der Waals surface area contributed by atoms with E-state index >= 15 is 0 Å². The second kappa shape index (κ2) is 8.92. The van der Waals surface area contributed by atoms with Crippen molar-refractivity contribution in [3.05, 3.63) is 77.9 Å². The standard InChI is InChI=1S/C23H21N3O2S/c1-2-28-19-12-10-16(11-13-19)14-21-22(27)25-23(29-21)26-24-15-18-8-5-7-17-6-3-4-9-20(17)18/h3-13,15,21H,2,14H2,1H3,(H,25,26,27)/b24-15+. The molecule has 0 aromatic heterocycles. The molecule has 1 amide bonds. The Morgan fingerprint density at radius 3 is 2.69 bits per heavy atom. The topological polar surface area (TPSA) is 63.1 Å². The molecule has 1 aliphatic heterocycles. The second-order valence-corrected chi connectivity index (χ2v) is 7.79. The van der Waals surface area contributed by atoms with Crippen LogP contribution in [0.4, 0.5) is 0 Å². The lowest BCUT2D eigenvalue weighted by Gasteiger charge is -2.07. The van der Waals surface area contributed by atoms with Gasteiger partial charge in [0.05, 0.1) is 18.1 Å². The van der Waals surface area contributed by atoms with Crippen LogP contribution in [0, 0.1) is 0 Å². The molecular formula is C23H21N3O2S. The molecule has 3 aromatic rings. The van der Waals surface area contributed by atoms with Crippen LogP contribution in [0.25, 0.3) is 10.8 Å². The zero-order valence-corrected chi connectivity index (χ0v) is 16.9. The highest BCUT2D eigenvalue weighted by Gasteiger charge is 2.30. The summed E-state index contributed by atoms with van der Waals surface area (Å²) in [5.41, 5.74) is 2.08. The van der Waals surface area contributed by atoms with Crippen molar-refractivity contribution >= 4 is 39.8 Å². The number of benzene rings is 3. The molecule has 0 aliphatic carbocycles. The van der Waals surface area contributed by atoms with Crippen molar-refractivity contribution in [2.24, 2.45) is 10.2 Å². The van der Waals surface area contributed by atoms with Crippen LogP contribution in [0.1, 0.15) is 18.1 Å². The van der Waals surface area contributed by atoms with Crippen molar-refractivity contribution in [2.45, 2.75) is 18.6 Å². The first-order valence-electron chi connectivity index (χ1n) is 9.51. The summed E-state index contributed by atoms with van der Waals surface area (Å²) in [6.45, 7) is 2.59. The fourth-order valence-corrected chi connectivity index (χ4v) is 4.16. The number of rotatable bonds is 6. The Labute approximate surface area is 173 Å². The van der Waals surface area contributed by atoms with Crippen LogP contribution in [0.5, 0.6) is 5.75 Å². The number of ether oxygens (including phenoxy) is 1. The molecule has 5 nitrogen and oxygen atoms in total. The zero-order valence-electron chi connectivity index (χ0n) is 16.0. The Hall–Kier alpha value is -3.12. The number of thioether (sulfide) groups is 1. The first-order valence-corrected chi connectivity index (χ1v) is 10.4. The van der Waals surface area contributed by atoms with E-state index in [9.17, 15) is 4.79 Å². The highest BCUT2D eigenvalue weighted by atomic mass is 32.2. The smallest absolute Gasteiger partial charge is 0.239 e. The van der Waals surface area contributed by atoms with Crippen LogP contribution in [-0.4, -0.2) is 29.1 Å². The normalized spacial score (nSPS) is 17.9. The van der Waals surface area contributed by atoms with E-state index in [1.54, 1.807) is 6.21 Å².